The van der Waals surface area contributed by atoms with E-state index < -0.39 is 4.92 Å². The Labute approximate surface area is 117 Å². The Hall–Kier alpha value is -1.43. The van der Waals surface area contributed by atoms with Crippen LogP contribution in [0.3, 0.4) is 0 Å². The molecule has 0 aromatic carbocycles. The number of aryl methyl sites for hydroxylation is 1. The first-order valence-corrected chi connectivity index (χ1v) is 6.43. The van der Waals surface area contributed by atoms with Gasteiger partial charge in [0.2, 0.25) is 11.1 Å². The largest absolute Gasteiger partial charge is 0.364 e. The molecule has 0 aliphatic carbocycles. The standard InChI is InChI=1S/C12H19ClN4O2/c1-7(12(3,4)5)6-14-10-9(17(18)19)8(2)15-11(13)16-10/h7H,6H2,1-5H3,(H,14,15,16). The molecular weight excluding hydrogens is 268 g/mol. The first-order chi connectivity index (χ1) is 8.62. The van der Waals surface area contributed by atoms with E-state index >= 15 is 0 Å². The summed E-state index contributed by atoms with van der Waals surface area (Å²) in [5, 5.41) is 14.1. The van der Waals surface area contributed by atoms with Crippen LogP contribution in [0.1, 0.15) is 33.4 Å². The topological polar surface area (TPSA) is 81.0 Å². The second-order valence-electron chi connectivity index (χ2n) is 5.68. The van der Waals surface area contributed by atoms with Crippen molar-refractivity contribution in [3.63, 3.8) is 0 Å². The minimum atomic E-state index is -0.490. The average molecular weight is 287 g/mol. The van der Waals surface area contributed by atoms with E-state index in [-0.39, 0.29) is 27.9 Å². The van der Waals surface area contributed by atoms with Crippen molar-refractivity contribution >= 4 is 23.1 Å². The summed E-state index contributed by atoms with van der Waals surface area (Å²) in [6.07, 6.45) is 0. The zero-order chi connectivity index (χ0) is 14.8. The zero-order valence-corrected chi connectivity index (χ0v) is 12.6. The van der Waals surface area contributed by atoms with Gasteiger partial charge in [-0.05, 0) is 29.9 Å². The summed E-state index contributed by atoms with van der Waals surface area (Å²) in [7, 11) is 0. The number of rotatable bonds is 4. The molecule has 0 fully saturated rings. The molecule has 1 unspecified atom stereocenters. The summed E-state index contributed by atoms with van der Waals surface area (Å²) in [5.41, 5.74) is 0.245. The summed E-state index contributed by atoms with van der Waals surface area (Å²) in [5.74, 6) is 0.500. The number of nitrogens with one attached hydrogen (secondary N) is 1. The fourth-order valence-corrected chi connectivity index (χ4v) is 1.64. The van der Waals surface area contributed by atoms with E-state index in [1.54, 1.807) is 6.92 Å². The van der Waals surface area contributed by atoms with Crippen LogP contribution in [-0.2, 0) is 0 Å². The van der Waals surface area contributed by atoms with Crippen LogP contribution >= 0.6 is 11.6 Å². The number of anilines is 1. The maximum absolute atomic E-state index is 11.0. The molecule has 19 heavy (non-hydrogen) atoms. The molecule has 0 spiro atoms. The fraction of sp³-hybridized carbons (Fsp3) is 0.667. The van der Waals surface area contributed by atoms with Gasteiger partial charge in [0.1, 0.15) is 5.69 Å². The molecule has 0 bridgehead atoms. The Bertz CT molecular complexity index is 485. The molecule has 1 heterocycles. The van der Waals surface area contributed by atoms with Crippen LogP contribution in [0.25, 0.3) is 0 Å². The predicted molar refractivity (Wildman–Crippen MR) is 75.5 cm³/mol. The van der Waals surface area contributed by atoms with E-state index in [0.717, 1.165) is 0 Å². The van der Waals surface area contributed by atoms with Gasteiger partial charge in [0, 0.05) is 6.54 Å². The highest BCUT2D eigenvalue weighted by molar-refractivity contribution is 6.28. The van der Waals surface area contributed by atoms with Crippen LogP contribution in [-0.4, -0.2) is 21.4 Å². The molecule has 0 saturated carbocycles. The van der Waals surface area contributed by atoms with Gasteiger partial charge in [-0.25, -0.2) is 4.98 Å². The van der Waals surface area contributed by atoms with Gasteiger partial charge >= 0.3 is 5.69 Å². The molecule has 1 atom stereocenters. The van der Waals surface area contributed by atoms with Crippen LogP contribution in [0.4, 0.5) is 11.5 Å². The molecule has 0 radical (unpaired) electrons. The van der Waals surface area contributed by atoms with Crippen molar-refractivity contribution < 1.29 is 4.92 Å². The maximum Gasteiger partial charge on any atom is 0.332 e. The lowest BCUT2D eigenvalue weighted by Crippen LogP contribution is -2.25. The second kappa shape index (κ2) is 5.69. The third-order valence-corrected chi connectivity index (χ3v) is 3.44. The lowest BCUT2D eigenvalue weighted by molar-refractivity contribution is -0.385. The molecule has 6 nitrogen and oxygen atoms in total. The van der Waals surface area contributed by atoms with E-state index in [2.05, 4.69) is 43.0 Å². The Morgan fingerprint density at radius 1 is 1.42 bits per heavy atom. The minimum Gasteiger partial charge on any atom is -0.364 e. The third kappa shape index (κ3) is 4.02. The van der Waals surface area contributed by atoms with Crippen molar-refractivity contribution in [3.05, 3.63) is 21.1 Å². The van der Waals surface area contributed by atoms with Crippen molar-refractivity contribution in [1.29, 1.82) is 0 Å². The molecular formula is C12H19ClN4O2. The van der Waals surface area contributed by atoms with Gasteiger partial charge in [-0.3, -0.25) is 10.1 Å². The lowest BCUT2D eigenvalue weighted by Gasteiger charge is -2.27. The van der Waals surface area contributed by atoms with Crippen molar-refractivity contribution in [2.24, 2.45) is 11.3 Å². The van der Waals surface area contributed by atoms with Gasteiger partial charge < -0.3 is 5.32 Å². The highest BCUT2D eigenvalue weighted by atomic mass is 35.5. The molecule has 0 amide bonds. The highest BCUT2D eigenvalue weighted by Crippen LogP contribution is 2.29. The summed E-state index contributed by atoms with van der Waals surface area (Å²) >= 11 is 5.75. The van der Waals surface area contributed by atoms with Gasteiger partial charge in [-0.15, -0.1) is 0 Å². The predicted octanol–water partition coefficient (Wildman–Crippen LogP) is 3.44. The Morgan fingerprint density at radius 3 is 2.47 bits per heavy atom. The molecule has 7 heteroatoms. The summed E-state index contributed by atoms with van der Waals surface area (Å²) in [6, 6.07) is 0. The van der Waals surface area contributed by atoms with E-state index in [4.69, 9.17) is 11.6 Å². The molecule has 0 aliphatic heterocycles. The summed E-state index contributed by atoms with van der Waals surface area (Å²) in [6.45, 7) is 10.6. The molecule has 1 aromatic rings. The molecule has 0 saturated heterocycles. The van der Waals surface area contributed by atoms with Gasteiger partial charge in [0.05, 0.1) is 4.92 Å². The fourth-order valence-electron chi connectivity index (χ4n) is 1.43. The number of hydrogen-bond donors (Lipinski definition) is 1. The number of nitrogens with zero attached hydrogens (tertiary/aromatic N) is 3. The van der Waals surface area contributed by atoms with Crippen LogP contribution in [0.2, 0.25) is 5.28 Å². The number of aromatic nitrogens is 2. The van der Waals surface area contributed by atoms with Gasteiger partial charge in [-0.1, -0.05) is 27.7 Å². The number of hydrogen-bond acceptors (Lipinski definition) is 5. The SMILES string of the molecule is Cc1nc(Cl)nc(NCC(C)C(C)(C)C)c1[N+](=O)[O-]. The average Bonchev–Trinajstić information content (AvgIpc) is 2.22. The van der Waals surface area contributed by atoms with Crippen LogP contribution in [0, 0.1) is 28.4 Å². The minimum absolute atomic E-state index is 0.00834. The normalized spacial score (nSPS) is 13.2. The Kier molecular flexibility index (Phi) is 4.68. The zero-order valence-electron chi connectivity index (χ0n) is 11.8. The first kappa shape index (κ1) is 15.6. The first-order valence-electron chi connectivity index (χ1n) is 6.05. The Balaban J connectivity index is 2.98. The van der Waals surface area contributed by atoms with E-state index in [9.17, 15) is 10.1 Å². The quantitative estimate of drug-likeness (QED) is 0.521. The van der Waals surface area contributed by atoms with E-state index in [1.165, 1.54) is 0 Å². The van der Waals surface area contributed by atoms with Gasteiger partial charge in [0.25, 0.3) is 0 Å². The molecule has 1 N–H and O–H groups in total. The monoisotopic (exact) mass is 286 g/mol. The molecule has 0 aliphatic rings. The van der Waals surface area contributed by atoms with Gasteiger partial charge in [0.15, 0.2) is 0 Å². The van der Waals surface area contributed by atoms with Crippen LogP contribution in [0.15, 0.2) is 0 Å². The maximum atomic E-state index is 11.0. The number of halogens is 1. The third-order valence-electron chi connectivity index (χ3n) is 3.27. The van der Waals surface area contributed by atoms with Gasteiger partial charge in [-0.2, -0.15) is 4.98 Å². The van der Waals surface area contributed by atoms with Crippen molar-refractivity contribution in [2.45, 2.75) is 34.6 Å². The van der Waals surface area contributed by atoms with E-state index in [1.807, 2.05) is 0 Å². The smallest absolute Gasteiger partial charge is 0.332 e. The Morgan fingerprint density at radius 2 is 2.00 bits per heavy atom. The molecule has 1 aromatic heterocycles. The van der Waals surface area contributed by atoms with Crippen LogP contribution in [0.5, 0.6) is 0 Å². The highest BCUT2D eigenvalue weighted by Gasteiger charge is 2.24. The summed E-state index contributed by atoms with van der Waals surface area (Å²) < 4.78 is 0. The number of nitro groups is 1. The molecule has 106 valence electrons. The molecule has 1 rings (SSSR count). The second-order valence-corrected chi connectivity index (χ2v) is 6.02. The van der Waals surface area contributed by atoms with Crippen LogP contribution < -0.4 is 5.32 Å². The lowest BCUT2D eigenvalue weighted by atomic mass is 9.82. The van der Waals surface area contributed by atoms with E-state index in [0.29, 0.717) is 12.5 Å². The summed E-state index contributed by atoms with van der Waals surface area (Å²) in [4.78, 5) is 18.3. The van der Waals surface area contributed by atoms with Crippen molar-refractivity contribution in [1.82, 2.24) is 9.97 Å². The van der Waals surface area contributed by atoms with Crippen molar-refractivity contribution in [2.75, 3.05) is 11.9 Å². The van der Waals surface area contributed by atoms with Crippen molar-refractivity contribution in [3.8, 4) is 0 Å².